The van der Waals surface area contributed by atoms with Crippen LogP contribution in [-0.2, 0) is 13.0 Å². The molecule has 3 rings (SSSR count). The van der Waals surface area contributed by atoms with Gasteiger partial charge in [0.25, 0.3) is 0 Å². The van der Waals surface area contributed by atoms with E-state index in [2.05, 4.69) is 51.7 Å². The van der Waals surface area contributed by atoms with Gasteiger partial charge in [-0.1, -0.05) is 6.07 Å². The van der Waals surface area contributed by atoms with Crippen LogP contribution in [0.15, 0.2) is 36.7 Å². The molecule has 0 amide bonds. The molecule has 0 N–H and O–H groups in total. The van der Waals surface area contributed by atoms with Crippen molar-refractivity contribution in [1.29, 1.82) is 0 Å². The molecule has 22 heavy (non-hydrogen) atoms. The topological polar surface area (TPSA) is 34.0 Å². The highest BCUT2D eigenvalue weighted by Gasteiger charge is 2.21. The van der Waals surface area contributed by atoms with Gasteiger partial charge in [-0.3, -0.25) is 14.6 Å². The van der Waals surface area contributed by atoms with Crippen molar-refractivity contribution in [2.45, 2.75) is 45.7 Å². The minimum atomic E-state index is 0.430. The van der Waals surface area contributed by atoms with Crippen molar-refractivity contribution in [2.24, 2.45) is 5.92 Å². The van der Waals surface area contributed by atoms with Crippen molar-refractivity contribution in [2.75, 3.05) is 13.1 Å². The van der Waals surface area contributed by atoms with Gasteiger partial charge in [0.1, 0.15) is 0 Å². The lowest BCUT2D eigenvalue weighted by atomic mass is 9.93. The number of likely N-dealkylation sites (tertiary alicyclic amines) is 1. The van der Waals surface area contributed by atoms with Crippen LogP contribution in [0.4, 0.5) is 0 Å². The van der Waals surface area contributed by atoms with Crippen molar-refractivity contribution >= 4 is 0 Å². The van der Waals surface area contributed by atoms with Crippen molar-refractivity contribution < 1.29 is 0 Å². The number of pyridine rings is 1. The summed E-state index contributed by atoms with van der Waals surface area (Å²) < 4.78 is 2.14. The fourth-order valence-electron chi connectivity index (χ4n) is 3.44. The zero-order valence-electron chi connectivity index (χ0n) is 13.7. The van der Waals surface area contributed by atoms with Gasteiger partial charge < -0.3 is 0 Å². The van der Waals surface area contributed by atoms with Crippen LogP contribution in [0.25, 0.3) is 0 Å². The fraction of sp³-hybridized carbons (Fsp3) is 0.556. The van der Waals surface area contributed by atoms with Gasteiger partial charge in [-0.25, -0.2) is 0 Å². The first-order valence-electron chi connectivity index (χ1n) is 8.37. The summed E-state index contributed by atoms with van der Waals surface area (Å²) in [6, 6.07) is 8.81. The third-order valence-electron chi connectivity index (χ3n) is 4.45. The largest absolute Gasteiger partial charge is 0.297 e. The minimum Gasteiger partial charge on any atom is -0.297 e. The molecule has 0 aromatic carbocycles. The van der Waals surface area contributed by atoms with E-state index in [9.17, 15) is 0 Å². The monoisotopic (exact) mass is 298 g/mol. The first-order valence-corrected chi connectivity index (χ1v) is 8.37. The van der Waals surface area contributed by atoms with E-state index in [1.54, 1.807) is 0 Å². The third kappa shape index (κ3) is 3.74. The van der Waals surface area contributed by atoms with Gasteiger partial charge in [-0.2, -0.15) is 5.10 Å². The zero-order chi connectivity index (χ0) is 15.4. The van der Waals surface area contributed by atoms with Gasteiger partial charge in [0, 0.05) is 37.2 Å². The van der Waals surface area contributed by atoms with Gasteiger partial charge in [0.2, 0.25) is 0 Å². The molecular weight excluding hydrogens is 272 g/mol. The third-order valence-corrected chi connectivity index (χ3v) is 4.45. The molecule has 1 aliphatic rings. The van der Waals surface area contributed by atoms with E-state index in [0.29, 0.717) is 6.04 Å². The maximum atomic E-state index is 4.48. The van der Waals surface area contributed by atoms with Gasteiger partial charge in [0.15, 0.2) is 0 Å². The molecule has 0 bridgehead atoms. The highest BCUT2D eigenvalue weighted by Crippen LogP contribution is 2.22. The number of hydrogen-bond acceptors (Lipinski definition) is 3. The predicted octanol–water partition coefficient (Wildman–Crippen LogP) is 3.31. The van der Waals surface area contributed by atoms with Crippen LogP contribution in [-0.4, -0.2) is 32.8 Å². The quantitative estimate of drug-likeness (QED) is 0.849. The summed E-state index contributed by atoms with van der Waals surface area (Å²) in [5.41, 5.74) is 2.55. The van der Waals surface area contributed by atoms with Crippen molar-refractivity contribution in [3.8, 4) is 0 Å². The van der Waals surface area contributed by atoms with Crippen molar-refractivity contribution in [1.82, 2.24) is 19.7 Å². The summed E-state index contributed by atoms with van der Waals surface area (Å²) in [5.74, 6) is 0.721. The summed E-state index contributed by atoms with van der Waals surface area (Å²) in [6.45, 7) is 7.76. The molecule has 2 aromatic heterocycles. The van der Waals surface area contributed by atoms with Gasteiger partial charge in [0.05, 0.1) is 5.69 Å². The van der Waals surface area contributed by atoms with E-state index in [1.165, 1.54) is 37.3 Å². The summed E-state index contributed by atoms with van der Waals surface area (Å²) in [6.07, 6.45) is 7.52. The van der Waals surface area contributed by atoms with Crippen LogP contribution in [0.2, 0.25) is 0 Å². The fourth-order valence-corrected chi connectivity index (χ4v) is 3.44. The second kappa shape index (κ2) is 7.05. The number of hydrogen-bond donors (Lipinski definition) is 0. The van der Waals surface area contributed by atoms with E-state index in [4.69, 9.17) is 0 Å². The van der Waals surface area contributed by atoms with Crippen LogP contribution in [0.5, 0.6) is 0 Å². The van der Waals surface area contributed by atoms with Crippen LogP contribution < -0.4 is 0 Å². The smallest absolute Gasteiger partial charge is 0.0527 e. The molecule has 0 radical (unpaired) electrons. The summed E-state index contributed by atoms with van der Waals surface area (Å²) in [7, 11) is 0. The summed E-state index contributed by atoms with van der Waals surface area (Å²) in [4.78, 5) is 7.05. The lowest BCUT2D eigenvalue weighted by Gasteiger charge is -2.32. The Morgan fingerprint density at radius 2 is 2.14 bits per heavy atom. The zero-order valence-corrected chi connectivity index (χ0v) is 13.7. The Labute approximate surface area is 133 Å². The molecule has 0 saturated carbocycles. The van der Waals surface area contributed by atoms with Crippen molar-refractivity contribution in [3.63, 3.8) is 0 Å². The van der Waals surface area contributed by atoms with Gasteiger partial charge in [-0.05, 0) is 63.8 Å². The Morgan fingerprint density at radius 3 is 2.91 bits per heavy atom. The number of aromatic nitrogens is 3. The van der Waals surface area contributed by atoms with E-state index in [-0.39, 0.29) is 0 Å². The molecule has 4 nitrogen and oxygen atoms in total. The predicted molar refractivity (Wildman–Crippen MR) is 88.6 cm³/mol. The maximum Gasteiger partial charge on any atom is 0.0527 e. The van der Waals surface area contributed by atoms with Crippen LogP contribution in [0.3, 0.4) is 0 Å². The van der Waals surface area contributed by atoms with Crippen LogP contribution in [0, 0.1) is 5.92 Å². The summed E-state index contributed by atoms with van der Waals surface area (Å²) in [5, 5.41) is 4.45. The molecule has 0 unspecified atom stereocenters. The molecular formula is C18H26N4. The molecule has 2 aromatic rings. The molecule has 1 fully saturated rings. The highest BCUT2D eigenvalue weighted by molar-refractivity contribution is 5.05. The van der Waals surface area contributed by atoms with E-state index < -0.39 is 0 Å². The average molecular weight is 298 g/mol. The summed E-state index contributed by atoms with van der Waals surface area (Å²) >= 11 is 0. The SMILES string of the molecule is CC(C)n1nccc1CN1CCC[C@H](Cc2ccccn2)C1. The average Bonchev–Trinajstić information content (AvgIpc) is 2.97. The second-order valence-corrected chi connectivity index (χ2v) is 6.63. The highest BCUT2D eigenvalue weighted by atomic mass is 15.3. The number of nitrogens with zero attached hydrogens (tertiary/aromatic N) is 4. The van der Waals surface area contributed by atoms with Crippen molar-refractivity contribution in [3.05, 3.63) is 48.0 Å². The Hall–Kier alpha value is -1.68. The molecule has 3 heterocycles. The van der Waals surface area contributed by atoms with Gasteiger partial charge >= 0.3 is 0 Å². The Balaban J connectivity index is 1.60. The minimum absolute atomic E-state index is 0.430. The molecule has 1 atom stereocenters. The molecule has 0 spiro atoms. The Kier molecular flexibility index (Phi) is 4.88. The first kappa shape index (κ1) is 15.2. The molecule has 118 valence electrons. The lowest BCUT2D eigenvalue weighted by molar-refractivity contribution is 0.161. The van der Waals surface area contributed by atoms with Crippen LogP contribution >= 0.6 is 0 Å². The molecule has 4 heteroatoms. The van der Waals surface area contributed by atoms with E-state index in [0.717, 1.165) is 18.9 Å². The second-order valence-electron chi connectivity index (χ2n) is 6.63. The number of rotatable bonds is 5. The molecule has 1 aliphatic heterocycles. The molecule has 0 aliphatic carbocycles. The van der Waals surface area contributed by atoms with Gasteiger partial charge in [-0.15, -0.1) is 0 Å². The van der Waals surface area contributed by atoms with Crippen LogP contribution in [0.1, 0.15) is 44.1 Å². The molecule has 1 saturated heterocycles. The first-order chi connectivity index (χ1) is 10.7. The van der Waals surface area contributed by atoms with E-state index >= 15 is 0 Å². The Morgan fingerprint density at radius 1 is 1.23 bits per heavy atom. The lowest BCUT2D eigenvalue weighted by Crippen LogP contribution is -2.36. The maximum absolute atomic E-state index is 4.48. The normalized spacial score (nSPS) is 19.7. The Bertz CT molecular complexity index is 576. The van der Waals surface area contributed by atoms with E-state index in [1.807, 2.05) is 18.5 Å². The number of piperidine rings is 1. The standard InChI is InChI=1S/C18H26N4/c1-15(2)22-18(8-10-20-22)14-21-11-5-6-16(13-21)12-17-7-3-4-9-19-17/h3-4,7-10,15-16H,5-6,11-14H2,1-2H3/t16-/m1/s1.